The third-order valence-corrected chi connectivity index (χ3v) is 3.42. The lowest BCUT2D eigenvalue weighted by atomic mass is 10.2. The van der Waals surface area contributed by atoms with Gasteiger partial charge in [0.2, 0.25) is 0 Å². The van der Waals surface area contributed by atoms with Crippen molar-refractivity contribution in [2.75, 3.05) is 5.75 Å². The summed E-state index contributed by atoms with van der Waals surface area (Å²) in [6.07, 6.45) is 7.32. The normalized spacial score (nSPS) is 24.6. The van der Waals surface area contributed by atoms with Crippen molar-refractivity contribution in [3.05, 3.63) is 11.6 Å². The van der Waals surface area contributed by atoms with Gasteiger partial charge in [0, 0.05) is 6.20 Å². The van der Waals surface area contributed by atoms with Crippen molar-refractivity contribution in [2.24, 2.45) is 4.99 Å². The SMILES string of the molecule is CCCCCC[SH]1[C]=NC=C1. The van der Waals surface area contributed by atoms with Crippen LogP contribution in [0, 0.1) is 0 Å². The Morgan fingerprint density at radius 2 is 2.27 bits per heavy atom. The van der Waals surface area contributed by atoms with E-state index in [0.29, 0.717) is 0 Å². The van der Waals surface area contributed by atoms with E-state index in [1.165, 1.54) is 31.4 Å². The molecule has 1 nitrogen and oxygen atoms in total. The molecule has 0 aromatic carbocycles. The molecule has 0 aliphatic carbocycles. The second-order valence-electron chi connectivity index (χ2n) is 2.78. The van der Waals surface area contributed by atoms with Crippen LogP contribution in [0.25, 0.3) is 0 Å². The second kappa shape index (κ2) is 5.42. The summed E-state index contributed by atoms with van der Waals surface area (Å²) in [6, 6.07) is 0. The first-order valence-electron chi connectivity index (χ1n) is 4.32. The molecule has 0 spiro atoms. The summed E-state index contributed by atoms with van der Waals surface area (Å²) in [5, 5.41) is 2.20. The number of unbranched alkanes of at least 4 members (excludes halogenated alkanes) is 3. The van der Waals surface area contributed by atoms with Gasteiger partial charge in [-0.3, -0.25) is 0 Å². The summed E-state index contributed by atoms with van der Waals surface area (Å²) in [5.74, 6) is 1.30. The monoisotopic (exact) mass is 170 g/mol. The van der Waals surface area contributed by atoms with E-state index in [1.54, 1.807) is 0 Å². The van der Waals surface area contributed by atoms with Crippen molar-refractivity contribution in [2.45, 2.75) is 32.6 Å². The lowest BCUT2D eigenvalue weighted by molar-refractivity contribution is 0.706. The second-order valence-corrected chi connectivity index (χ2v) is 4.67. The number of hydrogen-bond donors (Lipinski definition) is 1. The zero-order chi connectivity index (χ0) is 7.94. The summed E-state index contributed by atoms with van der Waals surface area (Å²) in [6.45, 7) is 2.24. The Balaban J connectivity index is 1.95. The highest BCUT2D eigenvalue weighted by Crippen LogP contribution is 2.28. The van der Waals surface area contributed by atoms with E-state index in [-0.39, 0.29) is 10.9 Å². The van der Waals surface area contributed by atoms with Crippen molar-refractivity contribution in [1.29, 1.82) is 0 Å². The Morgan fingerprint density at radius 1 is 1.36 bits per heavy atom. The van der Waals surface area contributed by atoms with E-state index in [2.05, 4.69) is 22.9 Å². The fourth-order valence-electron chi connectivity index (χ4n) is 1.09. The van der Waals surface area contributed by atoms with Gasteiger partial charge in [0.25, 0.3) is 0 Å². The highest BCUT2D eigenvalue weighted by atomic mass is 32.2. The molecule has 1 aliphatic rings. The van der Waals surface area contributed by atoms with E-state index in [9.17, 15) is 0 Å². The van der Waals surface area contributed by atoms with Gasteiger partial charge in [0.15, 0.2) is 0 Å². The van der Waals surface area contributed by atoms with Gasteiger partial charge in [-0.2, -0.15) is 10.9 Å². The van der Waals surface area contributed by atoms with Gasteiger partial charge in [-0.15, -0.1) is 0 Å². The Bertz CT molecular complexity index is 140. The lowest BCUT2D eigenvalue weighted by Crippen LogP contribution is -1.85. The first-order valence-corrected chi connectivity index (χ1v) is 5.92. The predicted octanol–water partition coefficient (Wildman–Crippen LogP) is 2.96. The van der Waals surface area contributed by atoms with Crippen LogP contribution in [0.1, 0.15) is 32.6 Å². The minimum atomic E-state index is -0.0590. The fourth-order valence-corrected chi connectivity index (χ4v) is 2.41. The van der Waals surface area contributed by atoms with Crippen LogP contribution in [0.5, 0.6) is 0 Å². The molecule has 1 unspecified atom stereocenters. The molecule has 0 fully saturated rings. The van der Waals surface area contributed by atoms with Gasteiger partial charge in [-0.25, -0.2) is 4.99 Å². The molecular formula is C9H16NS. The van der Waals surface area contributed by atoms with Crippen LogP contribution in [0.15, 0.2) is 16.6 Å². The largest absolute Gasteiger partial charge is 0.248 e. The molecule has 1 radical (unpaired) electrons. The molecule has 0 N–H and O–H groups in total. The maximum Gasteiger partial charge on any atom is 0.111 e. The number of rotatable bonds is 5. The van der Waals surface area contributed by atoms with Crippen LogP contribution < -0.4 is 0 Å². The maximum absolute atomic E-state index is 3.96. The Morgan fingerprint density at radius 3 is 2.91 bits per heavy atom. The van der Waals surface area contributed by atoms with Crippen molar-refractivity contribution < 1.29 is 0 Å². The number of hydrogen-bond acceptors (Lipinski definition) is 1. The minimum absolute atomic E-state index is 0.0590. The predicted molar refractivity (Wildman–Crippen MR) is 54.6 cm³/mol. The molecule has 2 heteroatoms. The standard InChI is InChI=1S/C9H16NS/c1-2-3-4-5-7-11-8-6-10-9-11/h6,8,11H,2-5,7H2,1H3. The smallest absolute Gasteiger partial charge is 0.111 e. The van der Waals surface area contributed by atoms with Gasteiger partial charge >= 0.3 is 0 Å². The van der Waals surface area contributed by atoms with Crippen molar-refractivity contribution in [3.63, 3.8) is 0 Å². The van der Waals surface area contributed by atoms with Crippen molar-refractivity contribution >= 4 is 16.4 Å². The number of thiol groups is 1. The molecule has 63 valence electrons. The number of aliphatic imine (C=N–C) groups is 1. The third kappa shape index (κ3) is 3.61. The molecule has 0 bridgehead atoms. The summed E-state index contributed by atoms with van der Waals surface area (Å²) in [4.78, 5) is 3.96. The van der Waals surface area contributed by atoms with Crippen molar-refractivity contribution in [1.82, 2.24) is 0 Å². The van der Waals surface area contributed by atoms with E-state index < -0.39 is 0 Å². The molecule has 0 aromatic heterocycles. The molecular weight excluding hydrogens is 154 g/mol. The molecule has 11 heavy (non-hydrogen) atoms. The highest BCUT2D eigenvalue weighted by molar-refractivity contribution is 8.31. The lowest BCUT2D eigenvalue weighted by Gasteiger charge is -2.05. The zero-order valence-electron chi connectivity index (χ0n) is 7.08. The van der Waals surface area contributed by atoms with E-state index in [1.807, 2.05) is 6.20 Å². The van der Waals surface area contributed by atoms with Crippen molar-refractivity contribution in [3.8, 4) is 0 Å². The molecule has 1 aliphatic heterocycles. The van der Waals surface area contributed by atoms with E-state index >= 15 is 0 Å². The molecule has 1 rings (SSSR count). The Hall–Kier alpha value is -0.240. The fraction of sp³-hybridized carbons (Fsp3) is 0.667. The summed E-state index contributed by atoms with van der Waals surface area (Å²) < 4.78 is 0. The van der Waals surface area contributed by atoms with Gasteiger partial charge in [0.05, 0.1) is 0 Å². The third-order valence-electron chi connectivity index (χ3n) is 1.76. The summed E-state index contributed by atoms with van der Waals surface area (Å²) in [7, 11) is -0.0590. The highest BCUT2D eigenvalue weighted by Gasteiger charge is 1.99. The zero-order valence-corrected chi connectivity index (χ0v) is 7.98. The van der Waals surface area contributed by atoms with E-state index in [0.717, 1.165) is 0 Å². The van der Waals surface area contributed by atoms with E-state index in [4.69, 9.17) is 0 Å². The van der Waals surface area contributed by atoms with Crippen LogP contribution in [0.3, 0.4) is 0 Å². The summed E-state index contributed by atoms with van der Waals surface area (Å²) in [5.41, 5.74) is 3.11. The Kier molecular flexibility index (Phi) is 4.36. The van der Waals surface area contributed by atoms with Gasteiger partial charge in [-0.1, -0.05) is 26.2 Å². The molecule has 1 heterocycles. The maximum atomic E-state index is 3.96. The Labute approximate surface area is 71.9 Å². The molecule has 0 saturated carbocycles. The molecule has 0 amide bonds. The molecule has 0 saturated heterocycles. The van der Waals surface area contributed by atoms with Crippen LogP contribution >= 0.6 is 10.9 Å². The topological polar surface area (TPSA) is 12.4 Å². The summed E-state index contributed by atoms with van der Waals surface area (Å²) >= 11 is 0. The first-order chi connectivity index (χ1) is 5.43. The molecule has 0 aromatic rings. The first kappa shape index (κ1) is 8.85. The molecule has 1 atom stereocenters. The van der Waals surface area contributed by atoms with Crippen LogP contribution in [0.2, 0.25) is 0 Å². The van der Waals surface area contributed by atoms with Crippen LogP contribution in [-0.2, 0) is 0 Å². The minimum Gasteiger partial charge on any atom is -0.248 e. The van der Waals surface area contributed by atoms with Crippen LogP contribution in [0.4, 0.5) is 0 Å². The van der Waals surface area contributed by atoms with Gasteiger partial charge in [0.1, 0.15) is 5.55 Å². The average molecular weight is 170 g/mol. The number of nitrogens with zero attached hydrogens (tertiary/aromatic N) is 1. The average Bonchev–Trinajstić information content (AvgIpc) is 2.50. The van der Waals surface area contributed by atoms with Gasteiger partial charge in [-0.05, 0) is 17.6 Å². The quantitative estimate of drug-likeness (QED) is 0.481. The van der Waals surface area contributed by atoms with Gasteiger partial charge < -0.3 is 0 Å². The van der Waals surface area contributed by atoms with Crippen LogP contribution in [-0.4, -0.2) is 11.3 Å².